The SMILES string of the molecule is O=C1c2ccc(Oc3c(Cl)cc(-n4ncc(=O)[nH]c4=O)cc3Cl)cc2CCN1Cc1ccccc1F. The fourth-order valence-electron chi connectivity index (χ4n) is 3.98. The fourth-order valence-corrected chi connectivity index (χ4v) is 4.53. The maximum Gasteiger partial charge on any atom is 0.349 e. The summed E-state index contributed by atoms with van der Waals surface area (Å²) in [6.45, 7) is 0.620. The van der Waals surface area contributed by atoms with E-state index in [1.54, 1.807) is 41.3 Å². The zero-order valence-electron chi connectivity index (χ0n) is 18.5. The summed E-state index contributed by atoms with van der Waals surface area (Å²) in [5.41, 5.74) is 0.628. The third-order valence-corrected chi connectivity index (χ3v) is 6.29. The van der Waals surface area contributed by atoms with Crippen LogP contribution in [0.4, 0.5) is 4.39 Å². The molecule has 0 saturated carbocycles. The van der Waals surface area contributed by atoms with Gasteiger partial charge in [0, 0.05) is 24.2 Å². The molecule has 4 aromatic rings. The lowest BCUT2D eigenvalue weighted by atomic mass is 9.98. The topological polar surface area (TPSA) is 97.3 Å². The standard InChI is InChI=1S/C25H17Cl2FN4O4/c26-19-10-16(32-25(35)30-22(33)12-29-32)11-20(27)23(19)36-17-5-6-18-14(9-17)7-8-31(24(18)34)13-15-3-1-2-4-21(15)28/h1-6,9-12H,7-8,13H2,(H,30,33,35). The van der Waals surface area contributed by atoms with Crippen molar-refractivity contribution < 1.29 is 13.9 Å². The van der Waals surface area contributed by atoms with Crippen LogP contribution in [0.1, 0.15) is 21.5 Å². The number of nitrogens with zero attached hydrogens (tertiary/aromatic N) is 3. The Kier molecular flexibility index (Phi) is 6.34. The Morgan fingerprint density at radius 3 is 2.50 bits per heavy atom. The van der Waals surface area contributed by atoms with Gasteiger partial charge in [-0.25, -0.2) is 9.18 Å². The molecule has 2 heterocycles. The second-order valence-electron chi connectivity index (χ2n) is 8.08. The highest BCUT2D eigenvalue weighted by Crippen LogP contribution is 2.39. The monoisotopic (exact) mass is 526 g/mol. The number of H-pyrrole nitrogens is 1. The molecule has 1 N–H and O–H groups in total. The van der Waals surface area contributed by atoms with Crippen molar-refractivity contribution in [2.75, 3.05) is 6.54 Å². The summed E-state index contributed by atoms with van der Waals surface area (Å²) in [5.74, 6) is 0.0361. The van der Waals surface area contributed by atoms with Crippen molar-refractivity contribution in [3.63, 3.8) is 0 Å². The number of hydrogen-bond donors (Lipinski definition) is 1. The van der Waals surface area contributed by atoms with Gasteiger partial charge in [0.1, 0.15) is 17.8 Å². The summed E-state index contributed by atoms with van der Waals surface area (Å²) < 4.78 is 20.9. The van der Waals surface area contributed by atoms with E-state index in [9.17, 15) is 18.8 Å². The minimum absolute atomic E-state index is 0.113. The van der Waals surface area contributed by atoms with Gasteiger partial charge in [-0.3, -0.25) is 14.6 Å². The molecular weight excluding hydrogens is 510 g/mol. The number of benzene rings is 3. The van der Waals surface area contributed by atoms with Gasteiger partial charge in [-0.15, -0.1) is 0 Å². The highest BCUT2D eigenvalue weighted by molar-refractivity contribution is 6.37. The van der Waals surface area contributed by atoms with Gasteiger partial charge in [0.2, 0.25) is 0 Å². The molecule has 0 radical (unpaired) electrons. The van der Waals surface area contributed by atoms with Gasteiger partial charge in [0.05, 0.1) is 15.7 Å². The number of rotatable bonds is 5. The highest BCUT2D eigenvalue weighted by Gasteiger charge is 2.26. The largest absolute Gasteiger partial charge is 0.454 e. The van der Waals surface area contributed by atoms with Crippen molar-refractivity contribution >= 4 is 29.1 Å². The second kappa shape index (κ2) is 9.60. The van der Waals surface area contributed by atoms with Crippen LogP contribution in [0.3, 0.4) is 0 Å². The van der Waals surface area contributed by atoms with Crippen molar-refractivity contribution in [1.29, 1.82) is 0 Å². The third-order valence-electron chi connectivity index (χ3n) is 5.72. The Morgan fingerprint density at radius 1 is 1.03 bits per heavy atom. The van der Waals surface area contributed by atoms with Gasteiger partial charge >= 0.3 is 5.69 Å². The van der Waals surface area contributed by atoms with E-state index in [-0.39, 0.29) is 39.8 Å². The fraction of sp³-hybridized carbons (Fsp3) is 0.120. The van der Waals surface area contributed by atoms with E-state index < -0.39 is 11.2 Å². The van der Waals surface area contributed by atoms with E-state index in [1.807, 2.05) is 0 Å². The molecule has 1 aromatic heterocycles. The lowest BCUT2D eigenvalue weighted by Gasteiger charge is -2.29. The van der Waals surface area contributed by atoms with Crippen LogP contribution in [-0.4, -0.2) is 32.1 Å². The first-order valence-electron chi connectivity index (χ1n) is 10.8. The molecule has 0 spiro atoms. The van der Waals surface area contributed by atoms with Crippen LogP contribution < -0.4 is 16.0 Å². The number of nitrogens with one attached hydrogen (secondary N) is 1. The summed E-state index contributed by atoms with van der Waals surface area (Å²) in [6, 6.07) is 14.3. The van der Waals surface area contributed by atoms with E-state index in [0.717, 1.165) is 16.4 Å². The van der Waals surface area contributed by atoms with Gasteiger partial charge in [0.15, 0.2) is 5.75 Å². The van der Waals surface area contributed by atoms with Gasteiger partial charge in [-0.2, -0.15) is 9.78 Å². The first-order valence-corrected chi connectivity index (χ1v) is 11.6. The molecule has 0 unspecified atom stereocenters. The van der Waals surface area contributed by atoms with E-state index in [0.29, 0.717) is 29.8 Å². The van der Waals surface area contributed by atoms with Gasteiger partial charge in [-0.05, 0) is 48.4 Å². The number of ether oxygens (including phenoxy) is 1. The lowest BCUT2D eigenvalue weighted by molar-refractivity contribution is 0.0725. The van der Waals surface area contributed by atoms with Crippen LogP contribution in [0.25, 0.3) is 5.69 Å². The smallest absolute Gasteiger partial charge is 0.349 e. The van der Waals surface area contributed by atoms with Crippen molar-refractivity contribution in [2.45, 2.75) is 13.0 Å². The number of fused-ring (bicyclic) bond motifs is 1. The molecule has 0 aliphatic carbocycles. The number of amides is 1. The molecule has 0 fully saturated rings. The number of carbonyl (C=O) groups is 1. The van der Waals surface area contributed by atoms with Crippen molar-refractivity contribution in [3.05, 3.63) is 114 Å². The molecule has 1 aliphatic rings. The van der Waals surface area contributed by atoms with Crippen LogP contribution >= 0.6 is 23.2 Å². The first kappa shape index (κ1) is 23.8. The Labute approximate surface area is 213 Å². The minimum atomic E-state index is -0.744. The number of hydrogen-bond acceptors (Lipinski definition) is 5. The zero-order chi connectivity index (χ0) is 25.4. The van der Waals surface area contributed by atoms with Crippen molar-refractivity contribution in [1.82, 2.24) is 19.7 Å². The Balaban J connectivity index is 1.37. The van der Waals surface area contributed by atoms with E-state index in [4.69, 9.17) is 27.9 Å². The number of carbonyl (C=O) groups excluding carboxylic acids is 1. The molecule has 182 valence electrons. The second-order valence-corrected chi connectivity index (χ2v) is 8.89. The van der Waals surface area contributed by atoms with Crippen molar-refractivity contribution in [2.24, 2.45) is 0 Å². The highest BCUT2D eigenvalue weighted by atomic mass is 35.5. The number of aromatic amines is 1. The molecule has 3 aromatic carbocycles. The average Bonchev–Trinajstić information content (AvgIpc) is 2.84. The summed E-state index contributed by atoms with van der Waals surface area (Å²) in [6.07, 6.45) is 1.52. The van der Waals surface area contributed by atoms with Crippen molar-refractivity contribution in [3.8, 4) is 17.2 Å². The molecule has 0 atom stereocenters. The Bertz CT molecular complexity index is 1600. The minimum Gasteiger partial charge on any atom is -0.454 e. The normalized spacial score (nSPS) is 13.0. The van der Waals surface area contributed by atoms with Gasteiger partial charge in [-0.1, -0.05) is 41.4 Å². The number of halogens is 3. The van der Waals surface area contributed by atoms with Crippen LogP contribution in [-0.2, 0) is 13.0 Å². The van der Waals surface area contributed by atoms with E-state index >= 15 is 0 Å². The van der Waals surface area contributed by atoms with E-state index in [2.05, 4.69) is 10.1 Å². The van der Waals surface area contributed by atoms with Crippen LogP contribution in [0.15, 0.2) is 70.4 Å². The molecule has 0 bridgehead atoms. The lowest BCUT2D eigenvalue weighted by Crippen LogP contribution is -2.37. The maximum absolute atomic E-state index is 14.0. The van der Waals surface area contributed by atoms with Gasteiger partial charge in [0.25, 0.3) is 11.5 Å². The molecule has 1 amide bonds. The molecule has 11 heteroatoms. The Hall–Kier alpha value is -3.95. The summed E-state index contributed by atoms with van der Waals surface area (Å²) in [7, 11) is 0. The summed E-state index contributed by atoms with van der Waals surface area (Å²) in [4.78, 5) is 40.0. The quantitative estimate of drug-likeness (QED) is 0.416. The predicted molar refractivity (Wildman–Crippen MR) is 132 cm³/mol. The van der Waals surface area contributed by atoms with E-state index in [1.165, 1.54) is 18.2 Å². The molecule has 1 aliphatic heterocycles. The summed E-state index contributed by atoms with van der Waals surface area (Å²) in [5, 5.41) is 4.01. The molecule has 36 heavy (non-hydrogen) atoms. The van der Waals surface area contributed by atoms with Crippen LogP contribution in [0.2, 0.25) is 10.0 Å². The molecule has 0 saturated heterocycles. The molecule has 8 nitrogen and oxygen atoms in total. The Morgan fingerprint density at radius 2 is 1.78 bits per heavy atom. The predicted octanol–water partition coefficient (Wildman–Crippen LogP) is 4.36. The third kappa shape index (κ3) is 4.62. The summed E-state index contributed by atoms with van der Waals surface area (Å²) >= 11 is 12.8. The van der Waals surface area contributed by atoms with Crippen LogP contribution in [0, 0.1) is 5.82 Å². The molecular formula is C25H17Cl2FN4O4. The number of aromatic nitrogens is 3. The molecule has 5 rings (SSSR count). The zero-order valence-corrected chi connectivity index (χ0v) is 20.0. The van der Waals surface area contributed by atoms with Crippen LogP contribution in [0.5, 0.6) is 11.5 Å². The van der Waals surface area contributed by atoms with Gasteiger partial charge < -0.3 is 9.64 Å². The first-order chi connectivity index (χ1) is 17.3. The average molecular weight is 527 g/mol. The maximum atomic E-state index is 14.0.